The van der Waals surface area contributed by atoms with E-state index < -0.39 is 15.8 Å². The minimum Gasteiger partial charge on any atom is -0.269 e. The van der Waals surface area contributed by atoms with E-state index in [1.807, 2.05) is 6.07 Å². The topological polar surface area (TPSA) is 61.2 Å². The summed E-state index contributed by atoms with van der Waals surface area (Å²) in [5.41, 5.74) is 0.473. The molecule has 21 heavy (non-hydrogen) atoms. The largest absolute Gasteiger partial charge is 0.269 e. The number of rotatable bonds is 3. The highest BCUT2D eigenvalue weighted by atomic mass is 35.5. The zero-order valence-electron chi connectivity index (χ0n) is 10.9. The molecule has 0 radical (unpaired) electrons. The first-order valence-corrected chi connectivity index (χ1v) is 7.62. The Morgan fingerprint density at radius 1 is 1.19 bits per heavy atom. The number of sulfonamides is 1. The van der Waals surface area contributed by atoms with Gasteiger partial charge in [0.1, 0.15) is 10.7 Å². The summed E-state index contributed by atoms with van der Waals surface area (Å²) < 4.78 is 39.0. The van der Waals surface area contributed by atoms with Crippen molar-refractivity contribution in [1.82, 2.24) is 0 Å². The summed E-state index contributed by atoms with van der Waals surface area (Å²) in [5, 5.41) is 8.88. The van der Waals surface area contributed by atoms with E-state index in [4.69, 9.17) is 16.9 Å². The lowest BCUT2D eigenvalue weighted by atomic mass is 10.2. The van der Waals surface area contributed by atoms with Crippen molar-refractivity contribution in [3.63, 3.8) is 0 Å². The van der Waals surface area contributed by atoms with Gasteiger partial charge in [0, 0.05) is 7.05 Å². The maximum atomic E-state index is 12.9. The summed E-state index contributed by atoms with van der Waals surface area (Å²) in [6.45, 7) is 0. The van der Waals surface area contributed by atoms with Crippen molar-refractivity contribution in [1.29, 1.82) is 5.26 Å². The van der Waals surface area contributed by atoms with Gasteiger partial charge in [-0.05, 0) is 42.5 Å². The summed E-state index contributed by atoms with van der Waals surface area (Å²) in [6, 6.07) is 10.9. The number of anilines is 1. The lowest BCUT2D eigenvalue weighted by molar-refractivity contribution is 0.594. The Bertz CT molecular complexity index is 814. The Labute approximate surface area is 127 Å². The van der Waals surface area contributed by atoms with Gasteiger partial charge in [-0.25, -0.2) is 12.8 Å². The molecular weight excluding hydrogens is 315 g/mol. The highest BCUT2D eigenvalue weighted by Gasteiger charge is 2.24. The smallest absolute Gasteiger partial charge is 0.265 e. The van der Waals surface area contributed by atoms with Crippen LogP contribution in [0.4, 0.5) is 10.1 Å². The Hall–Kier alpha value is -2.10. The molecule has 0 amide bonds. The first kappa shape index (κ1) is 15.3. The van der Waals surface area contributed by atoms with E-state index >= 15 is 0 Å². The van der Waals surface area contributed by atoms with Gasteiger partial charge < -0.3 is 0 Å². The van der Waals surface area contributed by atoms with Crippen LogP contribution in [0.15, 0.2) is 47.4 Å². The maximum Gasteiger partial charge on any atom is 0.265 e. The van der Waals surface area contributed by atoms with E-state index in [0.29, 0.717) is 0 Å². The highest BCUT2D eigenvalue weighted by molar-refractivity contribution is 7.93. The van der Waals surface area contributed by atoms with Gasteiger partial charge in [0.05, 0.1) is 22.3 Å². The van der Waals surface area contributed by atoms with Crippen LogP contribution in [0.5, 0.6) is 0 Å². The molecule has 0 heterocycles. The van der Waals surface area contributed by atoms with E-state index in [9.17, 15) is 12.8 Å². The molecular formula is C14H10ClFN2O2S. The Kier molecular flexibility index (Phi) is 4.16. The third-order valence-electron chi connectivity index (χ3n) is 2.89. The van der Waals surface area contributed by atoms with Crippen molar-refractivity contribution in [2.45, 2.75) is 4.90 Å². The predicted octanol–water partition coefficient (Wildman–Crippen LogP) is 3.18. The molecule has 0 aliphatic carbocycles. The van der Waals surface area contributed by atoms with Crippen LogP contribution in [0.25, 0.3) is 0 Å². The van der Waals surface area contributed by atoms with Crippen molar-refractivity contribution in [2.75, 3.05) is 11.4 Å². The molecule has 0 bridgehead atoms. The molecule has 0 atom stereocenters. The maximum absolute atomic E-state index is 12.9. The van der Waals surface area contributed by atoms with Crippen LogP contribution in [0.3, 0.4) is 0 Å². The molecule has 108 valence electrons. The first-order valence-electron chi connectivity index (χ1n) is 5.80. The molecule has 0 fully saturated rings. The van der Waals surface area contributed by atoms with Gasteiger partial charge in [-0.1, -0.05) is 11.6 Å². The summed E-state index contributed by atoms with van der Waals surface area (Å²) in [5.74, 6) is -0.464. The Morgan fingerprint density at radius 2 is 1.81 bits per heavy atom. The quantitative estimate of drug-likeness (QED) is 0.871. The molecule has 0 saturated carbocycles. The lowest BCUT2D eigenvalue weighted by Crippen LogP contribution is -2.26. The molecule has 2 aromatic rings. The third-order valence-corrected chi connectivity index (χ3v) is 5.16. The average molecular weight is 325 g/mol. The molecule has 2 aromatic carbocycles. The van der Waals surface area contributed by atoms with E-state index in [-0.39, 0.29) is 21.2 Å². The fourth-order valence-electron chi connectivity index (χ4n) is 1.71. The van der Waals surface area contributed by atoms with E-state index in [1.54, 1.807) is 0 Å². The Balaban J connectivity index is 2.51. The summed E-state index contributed by atoms with van der Waals surface area (Å²) in [6.07, 6.45) is 0. The third kappa shape index (κ3) is 2.99. The minimum atomic E-state index is -3.94. The van der Waals surface area contributed by atoms with Crippen molar-refractivity contribution in [3.8, 4) is 6.07 Å². The number of nitriles is 1. The molecule has 0 aromatic heterocycles. The molecule has 2 rings (SSSR count). The second kappa shape index (κ2) is 5.72. The fraction of sp³-hybridized carbons (Fsp3) is 0.0714. The van der Waals surface area contributed by atoms with Crippen LogP contribution in [-0.2, 0) is 10.0 Å². The summed E-state index contributed by atoms with van der Waals surface area (Å²) in [7, 11) is -2.61. The van der Waals surface area contributed by atoms with Gasteiger partial charge in [0.25, 0.3) is 10.0 Å². The summed E-state index contributed by atoms with van der Waals surface area (Å²) >= 11 is 5.92. The van der Waals surface area contributed by atoms with Crippen molar-refractivity contribution >= 4 is 27.3 Å². The van der Waals surface area contributed by atoms with E-state index in [2.05, 4.69) is 0 Å². The van der Waals surface area contributed by atoms with Gasteiger partial charge in [-0.2, -0.15) is 5.26 Å². The van der Waals surface area contributed by atoms with Gasteiger partial charge >= 0.3 is 0 Å². The van der Waals surface area contributed by atoms with Crippen LogP contribution in [-0.4, -0.2) is 15.5 Å². The van der Waals surface area contributed by atoms with Gasteiger partial charge in [-0.15, -0.1) is 0 Å². The van der Waals surface area contributed by atoms with Crippen LogP contribution in [0.1, 0.15) is 5.56 Å². The molecule has 0 aliphatic rings. The van der Waals surface area contributed by atoms with E-state index in [0.717, 1.165) is 16.4 Å². The van der Waals surface area contributed by atoms with Gasteiger partial charge in [0.2, 0.25) is 0 Å². The average Bonchev–Trinajstić information content (AvgIpc) is 2.47. The number of halogens is 2. The predicted molar refractivity (Wildman–Crippen MR) is 78.2 cm³/mol. The van der Waals surface area contributed by atoms with Crippen molar-refractivity contribution in [2.24, 2.45) is 0 Å². The minimum absolute atomic E-state index is 0.0166. The number of nitrogens with zero attached hydrogens (tertiary/aromatic N) is 2. The van der Waals surface area contributed by atoms with Crippen LogP contribution < -0.4 is 4.31 Å². The SMILES string of the molecule is CN(c1ccc(F)cc1)S(=O)(=O)c1cc(C#N)ccc1Cl. The molecule has 0 saturated heterocycles. The van der Waals surface area contributed by atoms with Crippen LogP contribution in [0, 0.1) is 17.1 Å². The summed E-state index contributed by atoms with van der Waals surface area (Å²) in [4.78, 5) is -0.171. The molecule has 0 unspecified atom stereocenters. The molecule has 4 nitrogen and oxygen atoms in total. The van der Waals surface area contributed by atoms with Crippen molar-refractivity contribution in [3.05, 3.63) is 58.9 Å². The molecule has 0 spiro atoms. The molecule has 0 N–H and O–H groups in total. The molecule has 0 aliphatic heterocycles. The number of benzene rings is 2. The van der Waals surface area contributed by atoms with Gasteiger partial charge in [-0.3, -0.25) is 4.31 Å². The van der Waals surface area contributed by atoms with Crippen LogP contribution in [0.2, 0.25) is 5.02 Å². The van der Waals surface area contributed by atoms with Crippen molar-refractivity contribution < 1.29 is 12.8 Å². The number of hydrogen-bond donors (Lipinski definition) is 0. The zero-order chi connectivity index (χ0) is 15.6. The molecule has 7 heteroatoms. The highest BCUT2D eigenvalue weighted by Crippen LogP contribution is 2.28. The Morgan fingerprint density at radius 3 is 2.38 bits per heavy atom. The van der Waals surface area contributed by atoms with Crippen LogP contribution >= 0.6 is 11.6 Å². The standard InChI is InChI=1S/C14H10ClFN2O2S/c1-18(12-5-3-11(16)4-6-12)21(19,20)14-8-10(9-17)2-7-13(14)15/h2-8H,1H3. The lowest BCUT2D eigenvalue weighted by Gasteiger charge is -2.20. The monoisotopic (exact) mass is 324 g/mol. The second-order valence-corrected chi connectivity index (χ2v) is 6.55. The zero-order valence-corrected chi connectivity index (χ0v) is 12.5. The number of hydrogen-bond acceptors (Lipinski definition) is 3. The van der Waals surface area contributed by atoms with Gasteiger partial charge in [0.15, 0.2) is 0 Å². The second-order valence-electron chi connectivity index (χ2n) is 4.21. The van der Waals surface area contributed by atoms with E-state index in [1.165, 1.54) is 37.4 Å². The fourth-order valence-corrected chi connectivity index (χ4v) is 3.40. The normalized spacial score (nSPS) is 11.0. The first-order chi connectivity index (χ1) is 9.86.